The highest BCUT2D eigenvalue weighted by Gasteiger charge is 2.34. The maximum Gasteiger partial charge on any atom is 0.241 e. The van der Waals surface area contributed by atoms with Crippen molar-refractivity contribution in [3.05, 3.63) is 75.4 Å². The fraction of sp³-hybridized carbons (Fsp3) is 0.370. The third-order valence-electron chi connectivity index (χ3n) is 6.48. The zero-order valence-corrected chi connectivity index (χ0v) is 24.4. The van der Waals surface area contributed by atoms with Gasteiger partial charge in [0, 0.05) is 53.5 Å². The molecule has 0 N–H and O–H groups in total. The summed E-state index contributed by atoms with van der Waals surface area (Å²) in [5, 5.41) is 9.05. The van der Waals surface area contributed by atoms with E-state index in [2.05, 4.69) is 33.6 Å². The van der Waals surface area contributed by atoms with Crippen molar-refractivity contribution in [1.82, 2.24) is 14.5 Å². The van der Waals surface area contributed by atoms with Crippen molar-refractivity contribution in [3.63, 3.8) is 0 Å². The zero-order chi connectivity index (χ0) is 28.0. The number of piperazine rings is 1. The van der Waals surface area contributed by atoms with Gasteiger partial charge in [-0.2, -0.15) is 5.26 Å². The summed E-state index contributed by atoms with van der Waals surface area (Å²) >= 11 is 2.13. The first-order valence-corrected chi connectivity index (χ1v) is 15.5. The van der Waals surface area contributed by atoms with Gasteiger partial charge in [-0.25, -0.2) is 17.8 Å². The summed E-state index contributed by atoms with van der Waals surface area (Å²) in [7, 11) is -3.21. The van der Waals surface area contributed by atoms with Crippen molar-refractivity contribution in [1.29, 1.82) is 5.26 Å². The average Bonchev–Trinajstić information content (AvgIpc) is 3.32. The van der Waals surface area contributed by atoms with Gasteiger partial charge in [0.2, 0.25) is 5.91 Å². The molecule has 2 heterocycles. The first kappa shape index (κ1) is 29.0. The van der Waals surface area contributed by atoms with Crippen LogP contribution in [-0.4, -0.2) is 73.2 Å². The van der Waals surface area contributed by atoms with Gasteiger partial charge in [-0.05, 0) is 58.8 Å². The molecule has 1 aromatic heterocycles. The SMILES string of the molecule is CS(=O)(=O)CC[C@H]1CN(c2cc([123I])cc(OCCF)c2)C(=O)CN1Cc1cncn1Cc1ccc(C#N)cc1. The normalized spacial score (nSPS) is 16.3. The molecule has 1 saturated heterocycles. The summed E-state index contributed by atoms with van der Waals surface area (Å²) in [6.07, 6.45) is 5.05. The molecule has 12 heteroatoms. The summed E-state index contributed by atoms with van der Waals surface area (Å²) in [6, 6.07) is 14.6. The van der Waals surface area contributed by atoms with E-state index in [4.69, 9.17) is 10.00 Å². The number of carbonyl (C=O) groups excluding carboxylic acids is 1. The molecule has 1 aliphatic rings. The van der Waals surface area contributed by atoms with Crippen LogP contribution in [0.4, 0.5) is 10.1 Å². The number of alkyl halides is 1. The molecule has 0 spiro atoms. The zero-order valence-electron chi connectivity index (χ0n) is 21.5. The molecule has 1 amide bonds. The molecule has 39 heavy (non-hydrogen) atoms. The van der Waals surface area contributed by atoms with Gasteiger partial charge in [0.15, 0.2) is 0 Å². The summed E-state index contributed by atoms with van der Waals surface area (Å²) in [5.41, 5.74) is 3.12. The second-order valence-electron chi connectivity index (χ2n) is 9.49. The van der Waals surface area contributed by atoms with Crippen molar-refractivity contribution in [3.8, 4) is 11.8 Å². The predicted molar refractivity (Wildman–Crippen MR) is 154 cm³/mol. The molecule has 0 aliphatic carbocycles. The number of ether oxygens (including phenoxy) is 1. The fourth-order valence-electron chi connectivity index (χ4n) is 4.53. The van der Waals surface area contributed by atoms with Gasteiger partial charge in [0.1, 0.15) is 28.9 Å². The average molecular weight is 662 g/mol. The molecule has 1 aliphatic heterocycles. The lowest BCUT2D eigenvalue weighted by atomic mass is 10.1. The highest BCUT2D eigenvalue weighted by molar-refractivity contribution is 14.1. The Morgan fingerprint density at radius 3 is 2.67 bits per heavy atom. The van der Waals surface area contributed by atoms with Crippen LogP contribution in [0.5, 0.6) is 5.75 Å². The van der Waals surface area contributed by atoms with E-state index in [0.717, 1.165) is 14.8 Å². The number of imidazole rings is 1. The van der Waals surface area contributed by atoms with E-state index >= 15 is 0 Å². The number of carbonyl (C=O) groups is 1. The van der Waals surface area contributed by atoms with Crippen molar-refractivity contribution < 1.29 is 22.3 Å². The first-order chi connectivity index (χ1) is 18.6. The maximum atomic E-state index is 13.4. The van der Waals surface area contributed by atoms with Crippen LogP contribution >= 0.6 is 22.6 Å². The Kier molecular flexibility index (Phi) is 9.58. The lowest BCUT2D eigenvalue weighted by Gasteiger charge is -2.41. The third kappa shape index (κ3) is 8.00. The molecule has 3 aromatic rings. The first-order valence-electron chi connectivity index (χ1n) is 12.3. The Hall–Kier alpha value is -3.02. The number of aromatic nitrogens is 2. The second kappa shape index (κ2) is 12.9. The van der Waals surface area contributed by atoms with Crippen LogP contribution in [0, 0.1) is 14.9 Å². The van der Waals surface area contributed by atoms with Crippen LogP contribution in [0.1, 0.15) is 23.2 Å². The monoisotopic (exact) mass is 661 g/mol. The van der Waals surface area contributed by atoms with E-state index in [-0.39, 0.29) is 30.9 Å². The minimum atomic E-state index is -3.21. The van der Waals surface area contributed by atoms with Gasteiger partial charge in [0.05, 0.1) is 36.0 Å². The summed E-state index contributed by atoms with van der Waals surface area (Å²) in [4.78, 5) is 21.3. The second-order valence-corrected chi connectivity index (χ2v) is 13.0. The number of hydrogen-bond acceptors (Lipinski definition) is 7. The van der Waals surface area contributed by atoms with Gasteiger partial charge in [-0.15, -0.1) is 0 Å². The van der Waals surface area contributed by atoms with Crippen LogP contribution in [0.15, 0.2) is 55.0 Å². The molecule has 0 radical (unpaired) electrons. The molecule has 4 rings (SSSR count). The molecular weight excluding hydrogens is 632 g/mol. The quantitative estimate of drug-likeness (QED) is 0.290. The molecule has 1 atom stereocenters. The van der Waals surface area contributed by atoms with E-state index in [9.17, 15) is 17.6 Å². The van der Waals surface area contributed by atoms with Crippen molar-refractivity contribution in [2.75, 3.05) is 43.3 Å². The van der Waals surface area contributed by atoms with Crippen LogP contribution < -0.4 is 9.64 Å². The van der Waals surface area contributed by atoms with Gasteiger partial charge < -0.3 is 14.2 Å². The number of hydrogen-bond donors (Lipinski definition) is 0. The Morgan fingerprint density at radius 2 is 1.97 bits per heavy atom. The number of sulfone groups is 1. The molecule has 0 saturated carbocycles. The molecule has 0 unspecified atom stereocenters. The standard InChI is InChI=1S/C27H29FIN5O4S/c1-39(36,37)9-6-23-17-34(24-10-22(29)11-26(12-24)38-8-7-28)27(35)18-32(23)16-25-14-31-19-33(25)15-21-4-2-20(13-30)3-5-21/h2-5,10-12,14,19,23H,6-9,15-18H2,1H3/t23-/m0/s1/i29-4. The summed E-state index contributed by atoms with van der Waals surface area (Å²) in [6.45, 7) is 0.681. The van der Waals surface area contributed by atoms with Crippen molar-refractivity contribution in [2.45, 2.75) is 25.6 Å². The number of nitriles is 1. The van der Waals surface area contributed by atoms with E-state index < -0.39 is 16.5 Å². The molecule has 206 valence electrons. The molecule has 1 fully saturated rings. The number of benzene rings is 2. The largest absolute Gasteiger partial charge is 0.491 e. The summed E-state index contributed by atoms with van der Waals surface area (Å²) in [5.74, 6) is 0.351. The van der Waals surface area contributed by atoms with Crippen molar-refractivity contribution in [2.24, 2.45) is 0 Å². The number of halogens is 2. The maximum absolute atomic E-state index is 13.4. The van der Waals surface area contributed by atoms with Crippen molar-refractivity contribution >= 4 is 44.0 Å². The van der Waals surface area contributed by atoms with E-state index in [1.165, 1.54) is 6.26 Å². The van der Waals surface area contributed by atoms with Gasteiger partial charge in [-0.1, -0.05) is 12.1 Å². The molecule has 0 bridgehead atoms. The number of nitrogens with zero attached hydrogens (tertiary/aromatic N) is 5. The number of rotatable bonds is 11. The van der Waals surface area contributed by atoms with Gasteiger partial charge in [-0.3, -0.25) is 9.69 Å². The molecule has 9 nitrogen and oxygen atoms in total. The van der Waals surface area contributed by atoms with Crippen LogP contribution in [0.3, 0.4) is 0 Å². The minimum absolute atomic E-state index is 0.00210. The van der Waals surface area contributed by atoms with Crippen LogP contribution in [0.25, 0.3) is 0 Å². The highest BCUT2D eigenvalue weighted by Crippen LogP contribution is 2.29. The lowest BCUT2D eigenvalue weighted by molar-refractivity contribution is -0.122. The number of amides is 1. The number of anilines is 1. The highest BCUT2D eigenvalue weighted by atomic mass is 123. The van der Waals surface area contributed by atoms with E-state index in [1.807, 2.05) is 27.7 Å². The Balaban J connectivity index is 1.55. The van der Waals surface area contributed by atoms with Gasteiger partial charge >= 0.3 is 0 Å². The van der Waals surface area contributed by atoms with E-state index in [1.54, 1.807) is 41.7 Å². The molecular formula is C27H29FIN5O4S. The Labute approximate surface area is 241 Å². The van der Waals surface area contributed by atoms with Crippen LogP contribution in [0.2, 0.25) is 0 Å². The van der Waals surface area contributed by atoms with Crippen LogP contribution in [-0.2, 0) is 27.7 Å². The third-order valence-corrected chi connectivity index (χ3v) is 8.08. The smallest absolute Gasteiger partial charge is 0.241 e. The minimum Gasteiger partial charge on any atom is -0.491 e. The Bertz CT molecular complexity index is 1460. The molecule has 2 aromatic carbocycles. The summed E-state index contributed by atoms with van der Waals surface area (Å²) < 4.78 is 45.0. The Morgan fingerprint density at radius 1 is 1.21 bits per heavy atom. The topological polar surface area (TPSA) is 109 Å². The van der Waals surface area contributed by atoms with E-state index in [0.29, 0.717) is 43.1 Å². The predicted octanol–water partition coefficient (Wildman–Crippen LogP) is 3.41. The lowest BCUT2D eigenvalue weighted by Crippen LogP contribution is -2.56. The van der Waals surface area contributed by atoms with Gasteiger partial charge in [0.25, 0.3) is 0 Å². The fourth-order valence-corrected chi connectivity index (χ4v) is 5.86.